The highest BCUT2D eigenvalue weighted by molar-refractivity contribution is 7.91. The van der Waals surface area contributed by atoms with Crippen molar-refractivity contribution in [3.05, 3.63) is 77.4 Å². The van der Waals surface area contributed by atoms with Gasteiger partial charge >= 0.3 is 0 Å². The Morgan fingerprint density at radius 2 is 1.83 bits per heavy atom. The number of para-hydroxylation sites is 1. The van der Waals surface area contributed by atoms with Crippen molar-refractivity contribution in [1.29, 1.82) is 0 Å². The maximum atomic E-state index is 13.1. The van der Waals surface area contributed by atoms with Crippen molar-refractivity contribution in [1.82, 2.24) is 30.3 Å². The standard InChI is InChI=1S/C35H44N10O6S/c1-4-52(50,51)23-12-13-38-28(14-23)35(48,49)44-17-22(18-44)45-31-19(2)43(3)32-24(25(31)16-39-45)6-5-7-26(32)41-27(30(37)34(47)40-21-10-11-21)15-29(36)42-33(46)20-8-9-20/h5-7,12-16,19-22,41,48-49H,4,8-11,17-18,36-37H2,1-3H3,(H,40,47)(H,42,46)/b29-15+,30-27+. The van der Waals surface area contributed by atoms with Gasteiger partial charge in [-0.1, -0.05) is 19.1 Å². The maximum absolute atomic E-state index is 13.1. The van der Waals surface area contributed by atoms with E-state index in [1.165, 1.54) is 36.2 Å². The molecule has 9 N–H and O–H groups in total. The zero-order valence-electron chi connectivity index (χ0n) is 29.2. The summed E-state index contributed by atoms with van der Waals surface area (Å²) in [4.78, 5) is 33.0. The first-order valence-corrected chi connectivity index (χ1v) is 19.0. The molecule has 0 radical (unpaired) electrons. The Balaban J connectivity index is 1.15. The van der Waals surface area contributed by atoms with Gasteiger partial charge in [0.1, 0.15) is 17.2 Å². The average molecular weight is 733 g/mol. The van der Waals surface area contributed by atoms with E-state index in [4.69, 9.17) is 16.6 Å². The normalized spacial score (nSPS) is 20.0. The van der Waals surface area contributed by atoms with E-state index in [0.717, 1.165) is 48.2 Å². The molecule has 16 nitrogen and oxygen atoms in total. The molecule has 1 aromatic carbocycles. The van der Waals surface area contributed by atoms with Crippen LogP contribution >= 0.6 is 0 Å². The zero-order chi connectivity index (χ0) is 37.1. The molecule has 2 aliphatic carbocycles. The molecule has 2 amide bonds. The van der Waals surface area contributed by atoms with E-state index in [1.807, 2.05) is 36.9 Å². The van der Waals surface area contributed by atoms with Crippen LogP contribution in [0.1, 0.15) is 63.0 Å². The van der Waals surface area contributed by atoms with Crippen LogP contribution in [0.4, 0.5) is 11.4 Å². The summed E-state index contributed by atoms with van der Waals surface area (Å²) in [6.07, 6.45) is 7.91. The van der Waals surface area contributed by atoms with Gasteiger partial charge in [-0.2, -0.15) is 5.10 Å². The van der Waals surface area contributed by atoms with E-state index in [9.17, 15) is 28.2 Å². The van der Waals surface area contributed by atoms with Crippen LogP contribution in [0.5, 0.6) is 0 Å². The summed E-state index contributed by atoms with van der Waals surface area (Å²) in [7, 11) is -1.62. The molecule has 1 unspecified atom stereocenters. The quantitative estimate of drug-likeness (QED) is 0.0786. The molecule has 4 heterocycles. The number of nitrogens with zero attached hydrogens (tertiary/aromatic N) is 5. The molecule has 3 aromatic rings. The fourth-order valence-corrected chi connectivity index (χ4v) is 7.50. The van der Waals surface area contributed by atoms with Gasteiger partial charge in [0, 0.05) is 55.5 Å². The fourth-order valence-electron chi connectivity index (χ4n) is 6.61. The van der Waals surface area contributed by atoms with Gasteiger partial charge in [-0.05, 0) is 50.8 Å². The molecule has 52 heavy (non-hydrogen) atoms. The molecular formula is C35H44N10O6S. The second-order valence-electron chi connectivity index (χ2n) is 13.9. The molecule has 0 spiro atoms. The topological polar surface area (TPSA) is 234 Å². The highest BCUT2D eigenvalue weighted by Crippen LogP contribution is 2.49. The zero-order valence-corrected chi connectivity index (χ0v) is 30.0. The van der Waals surface area contributed by atoms with Gasteiger partial charge in [0.25, 0.3) is 11.8 Å². The summed E-state index contributed by atoms with van der Waals surface area (Å²) in [6, 6.07) is 7.95. The van der Waals surface area contributed by atoms with E-state index in [2.05, 4.69) is 25.8 Å². The molecule has 17 heteroatoms. The number of sulfone groups is 1. The maximum Gasteiger partial charge on any atom is 0.271 e. The number of nitrogens with two attached hydrogens (primary N) is 2. The van der Waals surface area contributed by atoms with Crippen molar-refractivity contribution < 1.29 is 28.2 Å². The number of allylic oxidation sites excluding steroid dienone is 1. The van der Waals surface area contributed by atoms with Crippen molar-refractivity contribution in [3.63, 3.8) is 0 Å². The first kappa shape index (κ1) is 35.4. The Hall–Kier alpha value is -4.97. The van der Waals surface area contributed by atoms with Crippen LogP contribution in [0.15, 0.2) is 70.9 Å². The number of benzene rings is 1. The third-order valence-electron chi connectivity index (χ3n) is 10.2. The number of amides is 2. The largest absolute Gasteiger partial charge is 0.393 e. The monoisotopic (exact) mass is 732 g/mol. The van der Waals surface area contributed by atoms with Gasteiger partial charge in [-0.25, -0.2) is 13.3 Å². The average Bonchev–Trinajstić information content (AvgIpc) is 4.04. The van der Waals surface area contributed by atoms with Gasteiger partial charge < -0.3 is 42.5 Å². The summed E-state index contributed by atoms with van der Waals surface area (Å²) < 4.78 is 26.7. The van der Waals surface area contributed by atoms with Gasteiger partial charge in [0.15, 0.2) is 9.84 Å². The lowest BCUT2D eigenvalue weighted by molar-refractivity contribution is -0.302. The summed E-state index contributed by atoms with van der Waals surface area (Å²) in [6.45, 7) is 4.01. The molecule has 1 saturated heterocycles. The molecule has 2 aromatic heterocycles. The first-order valence-electron chi connectivity index (χ1n) is 17.4. The molecule has 4 aliphatic rings. The van der Waals surface area contributed by atoms with E-state index < -0.39 is 21.7 Å². The van der Waals surface area contributed by atoms with Crippen LogP contribution < -0.4 is 32.3 Å². The molecule has 2 saturated carbocycles. The number of anilines is 2. The molecular weight excluding hydrogens is 689 g/mol. The van der Waals surface area contributed by atoms with Crippen LogP contribution in [0.3, 0.4) is 0 Å². The number of likely N-dealkylation sites (tertiary alicyclic amines) is 1. The van der Waals surface area contributed by atoms with Crippen molar-refractivity contribution >= 4 is 33.0 Å². The van der Waals surface area contributed by atoms with Crippen LogP contribution in [-0.2, 0) is 25.3 Å². The minimum absolute atomic E-state index is 0.0262. The number of aliphatic hydroxyl groups is 2. The summed E-state index contributed by atoms with van der Waals surface area (Å²) >= 11 is 0. The molecule has 0 bridgehead atoms. The Morgan fingerprint density at radius 3 is 2.50 bits per heavy atom. The SMILES string of the molecule is CCS(=O)(=O)c1ccnc(C(O)(O)N2CC(n3ncc4c3C(C)N(C)c3c(NC(/C=C(\N)NC(=O)C5CC5)=C(/N)C(=O)NC5CC5)cccc3-4)C2)c1. The molecule has 3 fully saturated rings. The van der Waals surface area contributed by atoms with E-state index in [0.29, 0.717) is 5.69 Å². The van der Waals surface area contributed by atoms with E-state index in [-0.39, 0.29) is 76.6 Å². The number of fused-ring (bicyclic) bond motifs is 3. The number of hydrogen-bond acceptors (Lipinski definition) is 13. The smallest absolute Gasteiger partial charge is 0.271 e. The van der Waals surface area contributed by atoms with Crippen LogP contribution in [0, 0.1) is 5.92 Å². The number of carbonyl (C=O) groups excluding carboxylic acids is 2. The summed E-state index contributed by atoms with van der Waals surface area (Å²) in [5.41, 5.74) is 16.8. The molecule has 7 rings (SSSR count). The van der Waals surface area contributed by atoms with Crippen molar-refractivity contribution in [2.75, 3.05) is 36.1 Å². The lowest BCUT2D eigenvalue weighted by Crippen LogP contribution is -2.59. The number of hydrogen-bond donors (Lipinski definition) is 7. The number of carbonyl (C=O) groups is 2. The minimum Gasteiger partial charge on any atom is -0.393 e. The molecule has 1 atom stereocenters. The first-order chi connectivity index (χ1) is 24.7. The minimum atomic E-state index is -3.57. The van der Waals surface area contributed by atoms with Crippen LogP contribution in [0.2, 0.25) is 0 Å². The predicted molar refractivity (Wildman–Crippen MR) is 192 cm³/mol. The second-order valence-corrected chi connectivity index (χ2v) is 16.2. The number of rotatable bonds is 12. The van der Waals surface area contributed by atoms with E-state index in [1.54, 1.807) is 6.20 Å². The van der Waals surface area contributed by atoms with Crippen molar-refractivity contribution in [2.24, 2.45) is 17.4 Å². The molecule has 2 aliphatic heterocycles. The lowest BCUT2D eigenvalue weighted by Gasteiger charge is -2.47. The Labute approximate surface area is 301 Å². The molecule has 276 valence electrons. The summed E-state index contributed by atoms with van der Waals surface area (Å²) in [5.74, 6) is -3.21. The van der Waals surface area contributed by atoms with Crippen LogP contribution in [-0.4, -0.2) is 82.0 Å². The Morgan fingerprint density at radius 1 is 1.10 bits per heavy atom. The van der Waals surface area contributed by atoms with Crippen molar-refractivity contribution in [2.45, 2.75) is 68.5 Å². The Bertz CT molecular complexity index is 2100. The van der Waals surface area contributed by atoms with Crippen LogP contribution in [0.25, 0.3) is 11.1 Å². The number of aromatic nitrogens is 3. The van der Waals surface area contributed by atoms with Gasteiger partial charge in [0.2, 0.25) is 5.91 Å². The predicted octanol–water partition coefficient (Wildman–Crippen LogP) is 1.09. The second kappa shape index (κ2) is 13.2. The van der Waals surface area contributed by atoms with Gasteiger partial charge in [-0.15, -0.1) is 0 Å². The summed E-state index contributed by atoms with van der Waals surface area (Å²) in [5, 5.41) is 35.9. The highest BCUT2D eigenvalue weighted by atomic mass is 32.2. The lowest BCUT2D eigenvalue weighted by atomic mass is 9.93. The third-order valence-corrected chi connectivity index (χ3v) is 11.9. The third kappa shape index (κ3) is 6.60. The fraction of sp³-hybridized carbons (Fsp3) is 0.429. The van der Waals surface area contributed by atoms with Crippen molar-refractivity contribution in [3.8, 4) is 11.1 Å². The van der Waals surface area contributed by atoms with Gasteiger partial charge in [0.05, 0.1) is 51.7 Å². The number of nitrogens with one attached hydrogen (secondary N) is 3. The highest BCUT2D eigenvalue weighted by Gasteiger charge is 2.46. The number of pyridine rings is 1. The van der Waals surface area contributed by atoms with Gasteiger partial charge in [-0.3, -0.25) is 19.3 Å². The van der Waals surface area contributed by atoms with E-state index >= 15 is 0 Å². The Kier molecular flexibility index (Phi) is 9.01.